The van der Waals surface area contributed by atoms with Crippen LogP contribution >= 0.6 is 11.8 Å². The van der Waals surface area contributed by atoms with Crippen LogP contribution in [0.4, 0.5) is 11.4 Å². The molecule has 0 saturated carbocycles. The number of aromatic amines is 2. The highest BCUT2D eigenvalue weighted by Crippen LogP contribution is 2.42. The maximum absolute atomic E-state index is 13.6. The summed E-state index contributed by atoms with van der Waals surface area (Å²) in [4.78, 5) is 56.1. The number of amides is 1. The van der Waals surface area contributed by atoms with Crippen LogP contribution in [0.1, 0.15) is 17.3 Å². The number of rotatable bonds is 2. The first kappa shape index (κ1) is 24.4. The Kier molecular flexibility index (Phi) is 6.12. The molecule has 2 aromatic carbocycles. The molecule has 0 saturated heterocycles. The zero-order valence-electron chi connectivity index (χ0n) is 20.8. The number of thioether (sulfide) groups is 1. The second-order valence-electron chi connectivity index (χ2n) is 8.95. The van der Waals surface area contributed by atoms with E-state index < -0.39 is 17.2 Å². The maximum atomic E-state index is 13.6. The molecule has 3 aliphatic rings. The van der Waals surface area contributed by atoms with Gasteiger partial charge in [-0.15, -0.1) is 0 Å². The number of carbonyl (C=O) groups excluding carboxylic acids is 3. The van der Waals surface area contributed by atoms with Crippen LogP contribution in [0.15, 0.2) is 105 Å². The van der Waals surface area contributed by atoms with Gasteiger partial charge in [0, 0.05) is 39.3 Å². The standard InChI is InChI=1S/C30H22N4O4S/c1-2-34-22-12-6-3-9-18(22)27(36)25(30(34)38)26-20(29(37)33-32-26)15-17-16-31-21-11-5-8-14-24(21)39-28(17)19-10-4-7-13-23(19)35/h3-16,31-32H,2H2,1H3,(H,33,37)/b20-15-,26-25+,28-19-. The molecule has 0 bridgehead atoms. The van der Waals surface area contributed by atoms with Gasteiger partial charge in [-0.3, -0.25) is 29.4 Å². The summed E-state index contributed by atoms with van der Waals surface area (Å²) >= 11 is 1.40. The Morgan fingerprint density at radius 2 is 1.69 bits per heavy atom. The smallest absolute Gasteiger partial charge is 0.271 e. The maximum Gasteiger partial charge on any atom is 0.271 e. The van der Waals surface area contributed by atoms with E-state index in [4.69, 9.17) is 0 Å². The van der Waals surface area contributed by atoms with Crippen molar-refractivity contribution >= 4 is 52.3 Å². The number of benzene rings is 2. The van der Waals surface area contributed by atoms with Gasteiger partial charge in [-0.2, -0.15) is 0 Å². The molecule has 1 aromatic heterocycles. The lowest BCUT2D eigenvalue weighted by atomic mass is 9.94. The summed E-state index contributed by atoms with van der Waals surface area (Å²) in [6.07, 6.45) is 10.0. The van der Waals surface area contributed by atoms with E-state index in [0.717, 1.165) is 10.6 Å². The molecule has 3 heterocycles. The van der Waals surface area contributed by atoms with Crippen LogP contribution in [0, 0.1) is 0 Å². The van der Waals surface area contributed by atoms with Crippen molar-refractivity contribution in [3.63, 3.8) is 0 Å². The number of fused-ring (bicyclic) bond motifs is 2. The number of para-hydroxylation sites is 2. The molecule has 6 rings (SSSR count). The Morgan fingerprint density at radius 3 is 2.51 bits per heavy atom. The monoisotopic (exact) mass is 534 g/mol. The van der Waals surface area contributed by atoms with Crippen LogP contribution in [0.3, 0.4) is 0 Å². The topological polar surface area (TPSA) is 115 Å². The van der Waals surface area contributed by atoms with Gasteiger partial charge in [0.1, 0.15) is 5.57 Å². The second-order valence-corrected chi connectivity index (χ2v) is 10.0. The first-order valence-electron chi connectivity index (χ1n) is 12.3. The molecule has 9 heteroatoms. The van der Waals surface area contributed by atoms with Crippen molar-refractivity contribution in [2.75, 3.05) is 16.8 Å². The van der Waals surface area contributed by atoms with Gasteiger partial charge in [0.2, 0.25) is 5.78 Å². The SMILES string of the molecule is CCN1C(=O)/C(=c2/[nH][nH]c(=O)/c2=C\C2=CNc3ccccc3S/C2=C2/C=CC=CC2=O)C(=O)c2ccccc21. The normalized spacial score (nSPS) is 20.4. The number of carbonyl (C=O) groups is 3. The predicted octanol–water partition coefficient (Wildman–Crippen LogP) is 2.93. The summed E-state index contributed by atoms with van der Waals surface area (Å²) < 4.78 is 0. The zero-order chi connectivity index (χ0) is 27.1. The summed E-state index contributed by atoms with van der Waals surface area (Å²) in [5.41, 5.74) is 2.17. The summed E-state index contributed by atoms with van der Waals surface area (Å²) in [5, 5.41) is 8.79. The fraction of sp³-hybridized carbons (Fsp3) is 0.0667. The Labute approximate surface area is 226 Å². The highest BCUT2D eigenvalue weighted by Gasteiger charge is 2.35. The van der Waals surface area contributed by atoms with Crippen molar-refractivity contribution in [2.24, 2.45) is 0 Å². The molecule has 0 spiro atoms. The molecule has 8 nitrogen and oxygen atoms in total. The largest absolute Gasteiger partial charge is 0.360 e. The van der Waals surface area contributed by atoms with Gasteiger partial charge in [0.15, 0.2) is 5.78 Å². The Morgan fingerprint density at radius 1 is 0.923 bits per heavy atom. The quantitative estimate of drug-likeness (QED) is 0.436. The second kappa shape index (κ2) is 9.77. The molecule has 0 atom stereocenters. The van der Waals surface area contributed by atoms with Crippen molar-refractivity contribution in [1.29, 1.82) is 0 Å². The number of hydrogen-bond donors (Lipinski definition) is 3. The molecule has 0 radical (unpaired) electrons. The molecule has 39 heavy (non-hydrogen) atoms. The first-order chi connectivity index (χ1) is 19.0. The fourth-order valence-electron chi connectivity index (χ4n) is 4.81. The number of allylic oxidation sites excluding steroid dienone is 6. The van der Waals surface area contributed by atoms with E-state index >= 15 is 0 Å². The van der Waals surface area contributed by atoms with Crippen LogP contribution in [0.2, 0.25) is 0 Å². The van der Waals surface area contributed by atoms with Crippen LogP contribution in [0.25, 0.3) is 11.6 Å². The van der Waals surface area contributed by atoms with Gasteiger partial charge >= 0.3 is 0 Å². The van der Waals surface area contributed by atoms with E-state index in [2.05, 4.69) is 15.5 Å². The predicted molar refractivity (Wildman–Crippen MR) is 152 cm³/mol. The first-order valence-corrected chi connectivity index (χ1v) is 13.1. The van der Waals surface area contributed by atoms with E-state index in [1.807, 2.05) is 31.2 Å². The third-order valence-corrected chi connectivity index (χ3v) is 7.92. The van der Waals surface area contributed by atoms with Crippen LogP contribution in [0.5, 0.6) is 0 Å². The van der Waals surface area contributed by atoms with Crippen molar-refractivity contribution in [1.82, 2.24) is 10.2 Å². The minimum Gasteiger partial charge on any atom is -0.360 e. The zero-order valence-corrected chi connectivity index (χ0v) is 21.6. The molecular weight excluding hydrogens is 512 g/mol. The van der Waals surface area contributed by atoms with Crippen LogP contribution < -0.4 is 26.3 Å². The number of aromatic nitrogens is 2. The molecule has 0 fully saturated rings. The third kappa shape index (κ3) is 4.13. The minimum absolute atomic E-state index is 0.102. The molecule has 3 N–H and O–H groups in total. The van der Waals surface area contributed by atoms with E-state index in [1.54, 1.807) is 54.8 Å². The average Bonchev–Trinajstić information content (AvgIpc) is 3.19. The van der Waals surface area contributed by atoms with E-state index in [-0.39, 0.29) is 21.9 Å². The van der Waals surface area contributed by atoms with Crippen LogP contribution in [-0.2, 0) is 9.59 Å². The van der Waals surface area contributed by atoms with Crippen LogP contribution in [-0.4, -0.2) is 34.2 Å². The van der Waals surface area contributed by atoms with Gasteiger partial charge in [0.25, 0.3) is 11.5 Å². The van der Waals surface area contributed by atoms with E-state index in [0.29, 0.717) is 33.8 Å². The Balaban J connectivity index is 1.61. The molecule has 2 aliphatic heterocycles. The molecule has 1 aliphatic carbocycles. The number of Topliss-reactive ketones (excluding diaryl/α,β-unsaturated/α-hetero) is 1. The Hall–Kier alpha value is -4.89. The molecule has 1 amide bonds. The number of anilines is 2. The number of nitrogens with zero attached hydrogens (tertiary/aromatic N) is 1. The van der Waals surface area contributed by atoms with Crippen molar-refractivity contribution in [3.8, 4) is 0 Å². The number of ketones is 2. The lowest BCUT2D eigenvalue weighted by Gasteiger charge is -2.28. The average molecular weight is 535 g/mol. The van der Waals surface area contributed by atoms with Gasteiger partial charge in [0.05, 0.1) is 21.9 Å². The summed E-state index contributed by atoms with van der Waals surface area (Å²) in [6, 6.07) is 14.6. The van der Waals surface area contributed by atoms with Gasteiger partial charge in [-0.05, 0) is 49.4 Å². The molecule has 192 valence electrons. The van der Waals surface area contributed by atoms with Crippen molar-refractivity contribution in [2.45, 2.75) is 11.8 Å². The lowest BCUT2D eigenvalue weighted by Crippen LogP contribution is -2.45. The molecular formula is C30H22N4O4S. The minimum atomic E-state index is -0.498. The number of nitrogens with one attached hydrogen (secondary N) is 3. The van der Waals surface area contributed by atoms with Gasteiger partial charge in [-0.1, -0.05) is 48.2 Å². The van der Waals surface area contributed by atoms with Crippen molar-refractivity contribution in [3.05, 3.63) is 122 Å². The Bertz CT molecular complexity index is 1890. The number of hydrogen-bond acceptors (Lipinski definition) is 6. The van der Waals surface area contributed by atoms with E-state index in [1.165, 1.54) is 22.7 Å². The van der Waals surface area contributed by atoms with Gasteiger partial charge in [-0.25, -0.2) is 0 Å². The number of H-pyrrole nitrogens is 2. The highest BCUT2D eigenvalue weighted by molar-refractivity contribution is 8.03. The summed E-state index contributed by atoms with van der Waals surface area (Å²) in [6.45, 7) is 2.18. The van der Waals surface area contributed by atoms with Gasteiger partial charge < -0.3 is 10.2 Å². The third-order valence-electron chi connectivity index (χ3n) is 6.68. The summed E-state index contributed by atoms with van der Waals surface area (Å²) in [5.74, 6) is -1.12. The van der Waals surface area contributed by atoms with E-state index in [9.17, 15) is 19.2 Å². The fourth-order valence-corrected chi connectivity index (χ4v) is 5.92. The lowest BCUT2D eigenvalue weighted by molar-refractivity contribution is -0.113. The molecule has 3 aromatic rings. The van der Waals surface area contributed by atoms with Crippen molar-refractivity contribution < 1.29 is 14.4 Å². The highest BCUT2D eigenvalue weighted by atomic mass is 32.2. The molecule has 0 unspecified atom stereocenters. The summed E-state index contributed by atoms with van der Waals surface area (Å²) in [7, 11) is 0.